The molecule has 0 aromatic carbocycles. The summed E-state index contributed by atoms with van der Waals surface area (Å²) in [5.74, 6) is 0.405. The number of rotatable bonds is 6. The number of hydrogen-bond acceptors (Lipinski definition) is 3. The summed E-state index contributed by atoms with van der Waals surface area (Å²) in [4.78, 5) is 0. The molecular weight excluding hydrogens is 207 g/mol. The summed E-state index contributed by atoms with van der Waals surface area (Å²) in [6.07, 6.45) is -4.31. The van der Waals surface area contributed by atoms with E-state index in [0.717, 1.165) is 0 Å². The van der Waals surface area contributed by atoms with E-state index in [0.29, 0.717) is 5.75 Å². The van der Waals surface area contributed by atoms with Crippen LogP contribution in [0.4, 0.5) is 13.2 Å². The van der Waals surface area contributed by atoms with Crippen molar-refractivity contribution < 1.29 is 22.1 Å². The first-order valence-corrected chi connectivity index (χ1v) is 5.14. The minimum absolute atomic E-state index is 0.104. The molecule has 0 aliphatic carbocycles. The van der Waals surface area contributed by atoms with Gasteiger partial charge in [-0.2, -0.15) is 13.2 Å². The highest BCUT2D eigenvalue weighted by atomic mass is 32.2. The van der Waals surface area contributed by atoms with Gasteiger partial charge in [-0.05, 0) is 0 Å². The average Bonchev–Trinajstić information content (AvgIpc) is 1.97. The minimum Gasteiger partial charge on any atom is -0.371 e. The molecule has 0 saturated heterocycles. The van der Waals surface area contributed by atoms with E-state index in [-0.39, 0.29) is 18.9 Å². The van der Waals surface area contributed by atoms with Crippen molar-refractivity contribution in [3.05, 3.63) is 0 Å². The molecule has 0 heterocycles. The van der Waals surface area contributed by atoms with E-state index in [1.165, 1.54) is 0 Å². The Labute approximate surface area is 76.9 Å². The van der Waals surface area contributed by atoms with Crippen molar-refractivity contribution in [2.24, 2.45) is 5.73 Å². The van der Waals surface area contributed by atoms with Gasteiger partial charge in [0.15, 0.2) is 0 Å². The summed E-state index contributed by atoms with van der Waals surface area (Å²) < 4.78 is 49.6. The molecule has 3 nitrogen and oxygen atoms in total. The lowest BCUT2D eigenvalue weighted by molar-refractivity contribution is -0.172. The molecule has 0 fully saturated rings. The number of hydrogen-bond donors (Lipinski definition) is 1. The van der Waals surface area contributed by atoms with Gasteiger partial charge in [0.2, 0.25) is 0 Å². The highest BCUT2D eigenvalue weighted by molar-refractivity contribution is 7.85. The monoisotopic (exact) mass is 219 g/mol. The van der Waals surface area contributed by atoms with Crippen LogP contribution in [-0.4, -0.2) is 41.6 Å². The van der Waals surface area contributed by atoms with Crippen LogP contribution in [0.1, 0.15) is 0 Å². The number of alkyl halides is 3. The molecule has 0 spiro atoms. The van der Waals surface area contributed by atoms with Gasteiger partial charge >= 0.3 is 6.18 Å². The van der Waals surface area contributed by atoms with Crippen molar-refractivity contribution in [2.75, 3.05) is 31.3 Å². The van der Waals surface area contributed by atoms with Crippen molar-refractivity contribution >= 4 is 10.8 Å². The second-order valence-corrected chi connectivity index (χ2v) is 4.00. The van der Waals surface area contributed by atoms with E-state index >= 15 is 0 Å². The minimum atomic E-state index is -4.31. The Morgan fingerprint density at radius 1 is 1.31 bits per heavy atom. The molecule has 0 amide bonds. The molecule has 2 N–H and O–H groups in total. The van der Waals surface area contributed by atoms with Crippen LogP contribution >= 0.6 is 0 Å². The summed E-state index contributed by atoms with van der Waals surface area (Å²) >= 11 is 0. The maximum absolute atomic E-state index is 11.5. The van der Waals surface area contributed by atoms with Gasteiger partial charge in [-0.3, -0.25) is 4.21 Å². The molecule has 0 saturated carbocycles. The average molecular weight is 219 g/mol. The highest BCUT2D eigenvalue weighted by Gasteiger charge is 2.27. The fourth-order valence-electron chi connectivity index (χ4n) is 0.573. The van der Waals surface area contributed by atoms with Gasteiger partial charge in [0.25, 0.3) is 0 Å². The molecule has 13 heavy (non-hydrogen) atoms. The van der Waals surface area contributed by atoms with Crippen molar-refractivity contribution in [2.45, 2.75) is 6.18 Å². The Kier molecular flexibility index (Phi) is 6.27. The van der Waals surface area contributed by atoms with E-state index in [9.17, 15) is 17.4 Å². The first-order chi connectivity index (χ1) is 5.95. The molecule has 1 unspecified atom stereocenters. The van der Waals surface area contributed by atoms with E-state index in [1.807, 2.05) is 0 Å². The predicted octanol–water partition coefficient (Wildman–Crippen LogP) is 0.273. The van der Waals surface area contributed by atoms with Crippen LogP contribution in [0.5, 0.6) is 0 Å². The first kappa shape index (κ1) is 12.9. The van der Waals surface area contributed by atoms with Gasteiger partial charge in [-0.15, -0.1) is 0 Å². The second kappa shape index (κ2) is 6.33. The zero-order valence-electron chi connectivity index (χ0n) is 6.97. The summed E-state index contributed by atoms with van der Waals surface area (Å²) in [5, 5.41) is 0. The van der Waals surface area contributed by atoms with Crippen molar-refractivity contribution in [3.63, 3.8) is 0 Å². The molecule has 0 rings (SSSR count). The number of halogens is 3. The van der Waals surface area contributed by atoms with E-state index in [1.54, 1.807) is 0 Å². The fourth-order valence-corrected chi connectivity index (χ4v) is 1.34. The summed E-state index contributed by atoms with van der Waals surface area (Å²) in [7, 11) is -1.17. The van der Waals surface area contributed by atoms with Gasteiger partial charge in [0, 0.05) is 28.9 Å². The van der Waals surface area contributed by atoms with Gasteiger partial charge < -0.3 is 10.5 Å². The predicted molar refractivity (Wildman–Crippen MR) is 43.8 cm³/mol. The molecule has 80 valence electrons. The lowest BCUT2D eigenvalue weighted by atomic mass is 10.7. The molecule has 7 heteroatoms. The smallest absolute Gasteiger partial charge is 0.371 e. The Hall–Kier alpha value is -0.140. The van der Waals surface area contributed by atoms with Gasteiger partial charge in [-0.1, -0.05) is 0 Å². The molecule has 1 atom stereocenters. The van der Waals surface area contributed by atoms with Crippen LogP contribution in [0.15, 0.2) is 0 Å². The quantitative estimate of drug-likeness (QED) is 0.652. The van der Waals surface area contributed by atoms with Crippen LogP contribution in [0.2, 0.25) is 0 Å². The third-order valence-corrected chi connectivity index (χ3v) is 2.38. The Bertz CT molecular complexity index is 162. The van der Waals surface area contributed by atoms with E-state index in [4.69, 9.17) is 5.73 Å². The SMILES string of the molecule is NCCS(=O)CCOCC(F)(F)F. The highest BCUT2D eigenvalue weighted by Crippen LogP contribution is 2.14. The van der Waals surface area contributed by atoms with Crippen LogP contribution in [0, 0.1) is 0 Å². The molecule has 0 radical (unpaired) electrons. The molecule has 0 aromatic heterocycles. The van der Waals surface area contributed by atoms with Crippen LogP contribution in [-0.2, 0) is 15.5 Å². The number of nitrogens with two attached hydrogens (primary N) is 1. The Balaban J connectivity index is 3.31. The zero-order chi connectivity index (χ0) is 10.3. The lowest BCUT2D eigenvalue weighted by Gasteiger charge is -2.06. The molecule has 0 aliphatic rings. The van der Waals surface area contributed by atoms with Crippen LogP contribution in [0.3, 0.4) is 0 Å². The van der Waals surface area contributed by atoms with E-state index < -0.39 is 23.6 Å². The third kappa shape index (κ3) is 9.78. The maximum atomic E-state index is 11.5. The maximum Gasteiger partial charge on any atom is 0.411 e. The van der Waals surface area contributed by atoms with Crippen LogP contribution in [0.25, 0.3) is 0 Å². The molecule has 0 aromatic rings. The van der Waals surface area contributed by atoms with Gasteiger partial charge in [-0.25, -0.2) is 0 Å². The van der Waals surface area contributed by atoms with Crippen molar-refractivity contribution in [1.29, 1.82) is 0 Å². The number of ether oxygens (including phenoxy) is 1. The lowest BCUT2D eigenvalue weighted by Crippen LogP contribution is -2.21. The summed E-state index contributed by atoms with van der Waals surface area (Å²) in [5.41, 5.74) is 5.09. The Morgan fingerprint density at radius 2 is 1.92 bits per heavy atom. The van der Waals surface area contributed by atoms with Gasteiger partial charge in [0.1, 0.15) is 6.61 Å². The normalized spacial score (nSPS) is 14.5. The summed E-state index contributed by atoms with van der Waals surface area (Å²) in [6.45, 7) is -1.16. The zero-order valence-corrected chi connectivity index (χ0v) is 7.79. The summed E-state index contributed by atoms with van der Waals surface area (Å²) in [6, 6.07) is 0. The second-order valence-electron chi connectivity index (χ2n) is 2.30. The largest absolute Gasteiger partial charge is 0.411 e. The molecule has 0 aliphatic heterocycles. The van der Waals surface area contributed by atoms with E-state index in [2.05, 4.69) is 4.74 Å². The van der Waals surface area contributed by atoms with Crippen molar-refractivity contribution in [1.82, 2.24) is 0 Å². The fraction of sp³-hybridized carbons (Fsp3) is 1.00. The molecular formula is C6H12F3NO2S. The topological polar surface area (TPSA) is 52.3 Å². The Morgan fingerprint density at radius 3 is 2.38 bits per heavy atom. The van der Waals surface area contributed by atoms with Crippen LogP contribution < -0.4 is 5.73 Å². The molecule has 0 bridgehead atoms. The standard InChI is InChI=1S/C6H12F3NO2S/c7-6(8,9)5-12-2-4-13(11)3-1-10/h1-5,10H2. The first-order valence-electron chi connectivity index (χ1n) is 3.65. The third-order valence-electron chi connectivity index (χ3n) is 1.07. The van der Waals surface area contributed by atoms with Gasteiger partial charge in [0.05, 0.1) is 6.61 Å². The van der Waals surface area contributed by atoms with Crippen molar-refractivity contribution in [3.8, 4) is 0 Å².